The van der Waals surface area contributed by atoms with Crippen LogP contribution >= 0.6 is 23.4 Å². The van der Waals surface area contributed by atoms with Gasteiger partial charge in [0.05, 0.1) is 36.8 Å². The molecule has 186 valence electrons. The molecule has 1 fully saturated rings. The van der Waals surface area contributed by atoms with Gasteiger partial charge in [0.2, 0.25) is 5.91 Å². The summed E-state index contributed by atoms with van der Waals surface area (Å²) in [4.78, 5) is 14.7. The molecule has 3 aromatic rings. The standard InChI is InChI=1S/C24H28ClN5O4S/c1-16(34-19-7-5-18(32-3)6-8-19)23-27-28-24(29(23)2)35-15-22(31)26-17-4-9-21(20(25)14-17)30-10-12-33-13-11-30/h4-9,14,16H,10-13,15H2,1-3H3,(H,26,31). The molecule has 1 saturated heterocycles. The summed E-state index contributed by atoms with van der Waals surface area (Å²) in [6, 6.07) is 12.9. The molecule has 11 heteroatoms. The van der Waals surface area contributed by atoms with Gasteiger partial charge in [-0.25, -0.2) is 0 Å². The van der Waals surface area contributed by atoms with Crippen LogP contribution < -0.4 is 19.7 Å². The maximum absolute atomic E-state index is 12.5. The first-order chi connectivity index (χ1) is 16.9. The minimum atomic E-state index is -0.323. The third kappa shape index (κ3) is 6.39. The van der Waals surface area contributed by atoms with Gasteiger partial charge >= 0.3 is 0 Å². The van der Waals surface area contributed by atoms with Crippen LogP contribution in [0.15, 0.2) is 47.6 Å². The molecule has 1 aliphatic rings. The second-order valence-corrected chi connectivity index (χ2v) is 9.29. The number of benzene rings is 2. The number of methoxy groups -OCH3 is 1. The maximum atomic E-state index is 12.5. The van der Waals surface area contributed by atoms with Crippen molar-refractivity contribution in [2.45, 2.75) is 18.2 Å². The van der Waals surface area contributed by atoms with E-state index in [1.54, 1.807) is 13.2 Å². The Morgan fingerprint density at radius 3 is 2.57 bits per heavy atom. The number of nitrogens with one attached hydrogen (secondary N) is 1. The van der Waals surface area contributed by atoms with Crippen molar-refractivity contribution in [3.05, 3.63) is 53.3 Å². The van der Waals surface area contributed by atoms with E-state index in [1.165, 1.54) is 11.8 Å². The fraction of sp³-hybridized carbons (Fsp3) is 0.375. The van der Waals surface area contributed by atoms with Crippen molar-refractivity contribution in [2.75, 3.05) is 49.4 Å². The van der Waals surface area contributed by atoms with Crippen LogP contribution in [0.3, 0.4) is 0 Å². The van der Waals surface area contributed by atoms with Crippen molar-refractivity contribution in [3.8, 4) is 11.5 Å². The highest BCUT2D eigenvalue weighted by atomic mass is 35.5. The van der Waals surface area contributed by atoms with Crippen molar-refractivity contribution >= 4 is 40.6 Å². The van der Waals surface area contributed by atoms with E-state index in [9.17, 15) is 4.79 Å². The van der Waals surface area contributed by atoms with Crippen molar-refractivity contribution in [1.82, 2.24) is 14.8 Å². The number of carbonyl (C=O) groups is 1. The number of hydrogen-bond acceptors (Lipinski definition) is 8. The highest BCUT2D eigenvalue weighted by Crippen LogP contribution is 2.30. The molecular formula is C24H28ClN5O4S. The van der Waals surface area contributed by atoms with Crippen molar-refractivity contribution < 1.29 is 19.0 Å². The minimum Gasteiger partial charge on any atom is -0.497 e. The Kier molecular flexibility index (Phi) is 8.37. The Morgan fingerprint density at radius 2 is 1.89 bits per heavy atom. The smallest absolute Gasteiger partial charge is 0.234 e. The van der Waals surface area contributed by atoms with E-state index in [0.29, 0.717) is 40.7 Å². The Hall–Kier alpha value is -2.95. The minimum absolute atomic E-state index is 0.155. The van der Waals surface area contributed by atoms with Crippen LogP contribution in [0.4, 0.5) is 11.4 Å². The van der Waals surface area contributed by atoms with Crippen molar-refractivity contribution in [2.24, 2.45) is 7.05 Å². The number of halogens is 1. The zero-order valence-electron chi connectivity index (χ0n) is 19.9. The normalized spacial score (nSPS) is 14.5. The van der Waals surface area contributed by atoms with Gasteiger partial charge in [0.25, 0.3) is 0 Å². The molecule has 0 radical (unpaired) electrons. The molecule has 1 unspecified atom stereocenters. The monoisotopic (exact) mass is 517 g/mol. The number of anilines is 2. The van der Waals surface area contributed by atoms with Crippen LogP contribution in [0.1, 0.15) is 18.9 Å². The first-order valence-corrected chi connectivity index (χ1v) is 12.6. The molecule has 0 saturated carbocycles. The fourth-order valence-electron chi connectivity index (χ4n) is 3.69. The van der Waals surface area contributed by atoms with Gasteiger partial charge in [0.15, 0.2) is 17.1 Å². The lowest BCUT2D eigenvalue weighted by atomic mass is 10.2. The van der Waals surface area contributed by atoms with E-state index in [2.05, 4.69) is 20.4 Å². The molecule has 1 aromatic heterocycles. The van der Waals surface area contributed by atoms with Gasteiger partial charge in [-0.05, 0) is 49.4 Å². The Balaban J connectivity index is 1.30. The Bertz CT molecular complexity index is 1150. The molecule has 1 amide bonds. The maximum Gasteiger partial charge on any atom is 0.234 e. The van der Waals surface area contributed by atoms with E-state index in [-0.39, 0.29) is 17.8 Å². The molecule has 35 heavy (non-hydrogen) atoms. The summed E-state index contributed by atoms with van der Waals surface area (Å²) in [6.07, 6.45) is -0.323. The van der Waals surface area contributed by atoms with Crippen LogP contribution in [-0.4, -0.2) is 59.8 Å². The van der Waals surface area contributed by atoms with Crippen LogP contribution in [0.25, 0.3) is 0 Å². The number of carbonyl (C=O) groups excluding carboxylic acids is 1. The SMILES string of the molecule is COc1ccc(OC(C)c2nnc(SCC(=O)Nc3ccc(N4CCOCC4)c(Cl)c3)n2C)cc1. The molecule has 1 aliphatic heterocycles. The summed E-state index contributed by atoms with van der Waals surface area (Å²) in [6.45, 7) is 4.86. The first kappa shape index (κ1) is 25.2. The van der Waals surface area contributed by atoms with Gasteiger partial charge < -0.3 is 29.0 Å². The number of rotatable bonds is 9. The van der Waals surface area contributed by atoms with E-state index in [1.807, 2.05) is 54.9 Å². The van der Waals surface area contributed by atoms with Crippen LogP contribution in [0, 0.1) is 0 Å². The summed E-state index contributed by atoms with van der Waals surface area (Å²) >= 11 is 7.77. The van der Waals surface area contributed by atoms with E-state index < -0.39 is 0 Å². The number of hydrogen-bond donors (Lipinski definition) is 1. The number of thioether (sulfide) groups is 1. The van der Waals surface area contributed by atoms with Gasteiger partial charge in [0.1, 0.15) is 11.5 Å². The van der Waals surface area contributed by atoms with Gasteiger partial charge in [-0.1, -0.05) is 23.4 Å². The molecule has 2 aromatic carbocycles. The zero-order chi connectivity index (χ0) is 24.8. The molecule has 0 aliphatic carbocycles. The summed E-state index contributed by atoms with van der Waals surface area (Å²) in [5.41, 5.74) is 1.60. The lowest BCUT2D eigenvalue weighted by molar-refractivity contribution is -0.113. The molecule has 0 spiro atoms. The molecule has 9 nitrogen and oxygen atoms in total. The molecule has 4 rings (SSSR count). The lowest BCUT2D eigenvalue weighted by Gasteiger charge is -2.29. The highest BCUT2D eigenvalue weighted by molar-refractivity contribution is 7.99. The van der Waals surface area contributed by atoms with E-state index >= 15 is 0 Å². The van der Waals surface area contributed by atoms with Gasteiger partial charge in [-0.15, -0.1) is 10.2 Å². The number of nitrogens with zero attached hydrogens (tertiary/aromatic N) is 4. The first-order valence-electron chi connectivity index (χ1n) is 11.2. The number of ether oxygens (including phenoxy) is 3. The molecular weight excluding hydrogens is 490 g/mol. The third-order valence-electron chi connectivity index (χ3n) is 5.52. The van der Waals surface area contributed by atoms with Crippen LogP contribution in [0.2, 0.25) is 5.02 Å². The molecule has 0 bridgehead atoms. The van der Waals surface area contributed by atoms with Gasteiger partial charge in [0, 0.05) is 25.8 Å². The number of amides is 1. The fourth-order valence-corrected chi connectivity index (χ4v) is 4.71. The van der Waals surface area contributed by atoms with Crippen molar-refractivity contribution in [1.29, 1.82) is 0 Å². The Morgan fingerprint density at radius 1 is 1.17 bits per heavy atom. The van der Waals surface area contributed by atoms with Gasteiger partial charge in [-0.2, -0.15) is 0 Å². The summed E-state index contributed by atoms with van der Waals surface area (Å²) < 4.78 is 18.4. The second kappa shape index (κ2) is 11.7. The van der Waals surface area contributed by atoms with Crippen LogP contribution in [-0.2, 0) is 16.6 Å². The molecule has 1 N–H and O–H groups in total. The summed E-state index contributed by atoms with van der Waals surface area (Å²) in [5, 5.41) is 12.6. The number of aromatic nitrogens is 3. The number of morpholine rings is 1. The predicted molar refractivity (Wildman–Crippen MR) is 137 cm³/mol. The van der Waals surface area contributed by atoms with Crippen LogP contribution in [0.5, 0.6) is 11.5 Å². The third-order valence-corrected chi connectivity index (χ3v) is 6.84. The summed E-state index contributed by atoms with van der Waals surface area (Å²) in [7, 11) is 3.47. The average Bonchev–Trinajstić information content (AvgIpc) is 3.24. The average molecular weight is 518 g/mol. The topological polar surface area (TPSA) is 90.7 Å². The molecule has 1 atom stereocenters. The zero-order valence-corrected chi connectivity index (χ0v) is 21.4. The second-order valence-electron chi connectivity index (χ2n) is 7.94. The van der Waals surface area contributed by atoms with E-state index in [4.69, 9.17) is 25.8 Å². The Labute approximate surface area is 213 Å². The quantitative estimate of drug-likeness (QED) is 0.423. The van der Waals surface area contributed by atoms with Crippen molar-refractivity contribution in [3.63, 3.8) is 0 Å². The highest BCUT2D eigenvalue weighted by Gasteiger charge is 2.19. The van der Waals surface area contributed by atoms with Gasteiger partial charge in [-0.3, -0.25) is 4.79 Å². The van der Waals surface area contributed by atoms with E-state index in [0.717, 1.165) is 24.5 Å². The lowest BCUT2D eigenvalue weighted by Crippen LogP contribution is -2.36. The predicted octanol–water partition coefficient (Wildman–Crippen LogP) is 4.18. The molecule has 2 heterocycles. The largest absolute Gasteiger partial charge is 0.497 e. The summed E-state index contributed by atoms with van der Waals surface area (Å²) in [5.74, 6) is 2.15.